The van der Waals surface area contributed by atoms with Crippen molar-refractivity contribution in [3.63, 3.8) is 0 Å². The van der Waals surface area contributed by atoms with Gasteiger partial charge in [-0.05, 0) is 23.6 Å². The van der Waals surface area contributed by atoms with Gasteiger partial charge in [0.15, 0.2) is 5.78 Å². The van der Waals surface area contributed by atoms with E-state index in [9.17, 15) is 9.59 Å². The number of aliphatic imine (C=N–C) groups is 1. The average Bonchev–Trinajstić information content (AvgIpc) is 3.15. The van der Waals surface area contributed by atoms with Crippen molar-refractivity contribution in [1.29, 1.82) is 0 Å². The second-order valence-corrected chi connectivity index (χ2v) is 6.37. The first kappa shape index (κ1) is 13.3. The number of fused-ring (bicyclic) bond motifs is 2. The van der Waals surface area contributed by atoms with Crippen LogP contribution in [0, 0.1) is 5.92 Å². The van der Waals surface area contributed by atoms with Crippen LogP contribution in [0.15, 0.2) is 47.1 Å². The van der Waals surface area contributed by atoms with E-state index >= 15 is 0 Å². The highest BCUT2D eigenvalue weighted by atomic mass is 32.2. The van der Waals surface area contributed by atoms with E-state index in [1.807, 2.05) is 36.5 Å². The zero-order valence-electron chi connectivity index (χ0n) is 11.6. The summed E-state index contributed by atoms with van der Waals surface area (Å²) in [6.45, 7) is 0. The second-order valence-electron chi connectivity index (χ2n) is 5.25. The zero-order chi connectivity index (χ0) is 15.1. The summed E-state index contributed by atoms with van der Waals surface area (Å²) in [6, 6.07) is 7.56. The van der Waals surface area contributed by atoms with Crippen LogP contribution in [-0.2, 0) is 9.59 Å². The fourth-order valence-electron chi connectivity index (χ4n) is 2.71. The summed E-state index contributed by atoms with van der Waals surface area (Å²) in [4.78, 5) is 32.1. The molecular weight excluding hydrogens is 298 g/mol. The normalized spacial score (nSPS) is 23.5. The molecule has 6 heteroatoms. The molecule has 5 nitrogen and oxygen atoms in total. The smallest absolute Gasteiger partial charge is 0.240 e. The molecule has 0 bridgehead atoms. The molecule has 3 heterocycles. The van der Waals surface area contributed by atoms with Crippen molar-refractivity contribution in [2.45, 2.75) is 5.37 Å². The van der Waals surface area contributed by atoms with Gasteiger partial charge in [0.25, 0.3) is 0 Å². The van der Waals surface area contributed by atoms with E-state index in [4.69, 9.17) is 0 Å². The quantitative estimate of drug-likeness (QED) is 0.836. The van der Waals surface area contributed by atoms with Crippen molar-refractivity contribution in [3.05, 3.63) is 42.1 Å². The van der Waals surface area contributed by atoms with Crippen molar-refractivity contribution in [3.8, 4) is 0 Å². The molecule has 2 N–H and O–H groups in total. The minimum atomic E-state index is -0.833. The number of ketones is 1. The predicted molar refractivity (Wildman–Crippen MR) is 88.2 cm³/mol. The standard InChI is InChI=1S/C16H13N3O2S/c20-14-11-4-6-22-16(11)18-8-12(14)15(21)19-10-2-1-9-3-5-17-13(9)7-10/h1-5,7-8,12,16-17H,6H2,(H,19,21). The van der Waals surface area contributed by atoms with Crippen molar-refractivity contribution in [2.24, 2.45) is 10.9 Å². The second kappa shape index (κ2) is 5.14. The van der Waals surface area contributed by atoms with E-state index in [-0.39, 0.29) is 17.1 Å². The molecule has 1 aromatic carbocycles. The minimum absolute atomic E-state index is 0.119. The molecule has 110 valence electrons. The van der Waals surface area contributed by atoms with Crippen LogP contribution in [0.4, 0.5) is 5.69 Å². The van der Waals surface area contributed by atoms with E-state index in [0.717, 1.165) is 16.7 Å². The number of amides is 1. The Bertz CT molecular complexity index is 837. The summed E-state index contributed by atoms with van der Waals surface area (Å²) in [7, 11) is 0. The van der Waals surface area contributed by atoms with Crippen LogP contribution in [0.3, 0.4) is 0 Å². The van der Waals surface area contributed by atoms with Gasteiger partial charge in [-0.15, -0.1) is 11.8 Å². The number of H-pyrrole nitrogens is 1. The third kappa shape index (κ3) is 2.16. The van der Waals surface area contributed by atoms with Crippen molar-refractivity contribution >= 4 is 46.3 Å². The summed E-state index contributed by atoms with van der Waals surface area (Å²) in [6.07, 6.45) is 5.20. The van der Waals surface area contributed by atoms with Crippen LogP contribution >= 0.6 is 11.8 Å². The summed E-state index contributed by atoms with van der Waals surface area (Å²) in [5, 5.41) is 3.75. The fourth-order valence-corrected chi connectivity index (χ4v) is 3.72. The van der Waals surface area contributed by atoms with E-state index in [1.165, 1.54) is 6.21 Å². The molecule has 1 aromatic heterocycles. The molecule has 0 fully saturated rings. The predicted octanol–water partition coefficient (Wildman–Crippen LogP) is 2.38. The first-order chi connectivity index (χ1) is 10.7. The maximum atomic E-state index is 12.4. The Balaban J connectivity index is 1.56. The minimum Gasteiger partial charge on any atom is -0.361 e. The van der Waals surface area contributed by atoms with E-state index < -0.39 is 5.92 Å². The molecule has 2 aliphatic rings. The van der Waals surface area contributed by atoms with Crippen molar-refractivity contribution in [1.82, 2.24) is 4.98 Å². The van der Waals surface area contributed by atoms with Gasteiger partial charge < -0.3 is 10.3 Å². The number of anilines is 1. The Kier molecular flexibility index (Phi) is 3.11. The van der Waals surface area contributed by atoms with Crippen LogP contribution < -0.4 is 5.32 Å². The number of Topliss-reactive ketones (excluding diaryl/α,β-unsaturated/α-hetero) is 1. The fraction of sp³-hybridized carbons (Fsp3) is 0.188. The zero-order valence-corrected chi connectivity index (χ0v) is 12.4. The molecule has 0 aliphatic carbocycles. The highest BCUT2D eigenvalue weighted by Gasteiger charge is 2.36. The van der Waals surface area contributed by atoms with Gasteiger partial charge in [-0.3, -0.25) is 14.6 Å². The number of aromatic nitrogens is 1. The highest BCUT2D eigenvalue weighted by molar-refractivity contribution is 8.00. The third-order valence-corrected chi connectivity index (χ3v) is 4.92. The number of hydrogen-bond acceptors (Lipinski definition) is 4. The average molecular weight is 311 g/mol. The summed E-state index contributed by atoms with van der Waals surface area (Å²) < 4.78 is 0. The molecular formula is C16H13N3O2S. The van der Waals surface area contributed by atoms with Crippen LogP contribution in [0.2, 0.25) is 0 Å². The van der Waals surface area contributed by atoms with Crippen molar-refractivity contribution in [2.75, 3.05) is 11.1 Å². The molecule has 0 spiro atoms. The van der Waals surface area contributed by atoms with Crippen LogP contribution in [0.5, 0.6) is 0 Å². The lowest BCUT2D eigenvalue weighted by Crippen LogP contribution is -2.36. The lowest BCUT2D eigenvalue weighted by atomic mass is 9.95. The Morgan fingerprint density at radius 2 is 2.27 bits per heavy atom. The Morgan fingerprint density at radius 3 is 3.18 bits per heavy atom. The lowest BCUT2D eigenvalue weighted by molar-refractivity contribution is -0.126. The number of nitrogens with one attached hydrogen (secondary N) is 2. The molecule has 2 atom stereocenters. The van der Waals surface area contributed by atoms with Gasteiger partial charge in [0.05, 0.1) is 0 Å². The number of carbonyl (C=O) groups excluding carboxylic acids is 2. The molecule has 4 rings (SSSR count). The molecule has 2 unspecified atom stereocenters. The van der Waals surface area contributed by atoms with Gasteiger partial charge in [-0.25, -0.2) is 0 Å². The summed E-state index contributed by atoms with van der Waals surface area (Å²) in [5.74, 6) is -0.527. The number of rotatable bonds is 2. The molecule has 22 heavy (non-hydrogen) atoms. The topological polar surface area (TPSA) is 74.3 Å². The number of benzene rings is 1. The van der Waals surface area contributed by atoms with Gasteiger partial charge in [0, 0.05) is 34.9 Å². The van der Waals surface area contributed by atoms with E-state index in [0.29, 0.717) is 11.3 Å². The number of hydrogen-bond donors (Lipinski definition) is 2. The molecule has 0 saturated carbocycles. The molecule has 0 radical (unpaired) electrons. The Labute approximate surface area is 130 Å². The first-order valence-corrected chi connectivity index (χ1v) is 8.04. The van der Waals surface area contributed by atoms with E-state index in [2.05, 4.69) is 15.3 Å². The lowest BCUT2D eigenvalue weighted by Gasteiger charge is -2.19. The first-order valence-electron chi connectivity index (χ1n) is 6.99. The third-order valence-electron chi connectivity index (χ3n) is 3.87. The molecule has 2 aromatic rings. The van der Waals surface area contributed by atoms with Gasteiger partial charge in [-0.2, -0.15) is 0 Å². The van der Waals surface area contributed by atoms with Gasteiger partial charge in [0.1, 0.15) is 11.3 Å². The van der Waals surface area contributed by atoms with Gasteiger partial charge in [-0.1, -0.05) is 12.1 Å². The van der Waals surface area contributed by atoms with Crippen LogP contribution in [0.1, 0.15) is 0 Å². The Hall–Kier alpha value is -2.34. The van der Waals surface area contributed by atoms with Crippen LogP contribution in [0.25, 0.3) is 10.9 Å². The summed E-state index contributed by atoms with van der Waals surface area (Å²) >= 11 is 1.60. The Morgan fingerprint density at radius 1 is 1.36 bits per heavy atom. The van der Waals surface area contributed by atoms with Crippen LogP contribution in [-0.4, -0.2) is 34.0 Å². The SMILES string of the molecule is O=C(Nc1ccc2cc[nH]c2c1)C1C=NC2SCC=C2C1=O. The monoisotopic (exact) mass is 311 g/mol. The van der Waals surface area contributed by atoms with Gasteiger partial charge >= 0.3 is 0 Å². The van der Waals surface area contributed by atoms with Gasteiger partial charge in [0.2, 0.25) is 5.91 Å². The van der Waals surface area contributed by atoms with E-state index in [1.54, 1.807) is 11.8 Å². The number of carbonyl (C=O) groups is 2. The number of aromatic amines is 1. The maximum absolute atomic E-state index is 12.4. The number of thioether (sulfide) groups is 1. The molecule has 0 saturated heterocycles. The largest absolute Gasteiger partial charge is 0.361 e. The van der Waals surface area contributed by atoms with Crippen molar-refractivity contribution < 1.29 is 9.59 Å². The highest BCUT2D eigenvalue weighted by Crippen LogP contribution is 2.33. The maximum Gasteiger partial charge on any atom is 0.240 e. The number of nitrogens with zero attached hydrogens (tertiary/aromatic N) is 1. The summed E-state index contributed by atoms with van der Waals surface area (Å²) in [5.41, 5.74) is 2.27. The molecule has 1 amide bonds. The molecule has 2 aliphatic heterocycles.